The number of hydrogen-bond acceptors (Lipinski definition) is 7. The van der Waals surface area contributed by atoms with Crippen LogP contribution in [-0.2, 0) is 26.0 Å². The maximum absolute atomic E-state index is 13.5. The number of H-pyrrole nitrogens is 1. The summed E-state index contributed by atoms with van der Waals surface area (Å²) < 4.78 is 18.5. The Morgan fingerprint density at radius 2 is 1.47 bits per heavy atom. The van der Waals surface area contributed by atoms with Crippen LogP contribution in [0.5, 0.6) is 0 Å². The fourth-order valence-electron chi connectivity index (χ4n) is 10.7. The summed E-state index contributed by atoms with van der Waals surface area (Å²) in [6.07, 6.45) is 19.4. The molecule has 8 heteroatoms. The molecule has 7 atom stereocenters. The molecule has 0 saturated heterocycles. The van der Waals surface area contributed by atoms with E-state index in [1.165, 1.54) is 5.57 Å². The number of nitrogens with one attached hydrogen (secondary N) is 1. The summed E-state index contributed by atoms with van der Waals surface area (Å²) in [6.45, 7) is 11.4. The van der Waals surface area contributed by atoms with Gasteiger partial charge in [-0.2, -0.15) is 0 Å². The van der Waals surface area contributed by atoms with Gasteiger partial charge in [0.05, 0.1) is 22.1 Å². The van der Waals surface area contributed by atoms with Gasteiger partial charge in [-0.3, -0.25) is 0 Å². The van der Waals surface area contributed by atoms with Crippen LogP contribution in [0.15, 0.2) is 145 Å². The molecule has 0 aliphatic heterocycles. The van der Waals surface area contributed by atoms with E-state index in [1.54, 1.807) is 24.3 Å². The third-order valence-electron chi connectivity index (χ3n) is 14.2. The topological polar surface area (TPSA) is 108 Å². The monoisotopic (exact) mass is 832 g/mol. The van der Waals surface area contributed by atoms with Gasteiger partial charge in [0.15, 0.2) is 0 Å². The van der Waals surface area contributed by atoms with Crippen molar-refractivity contribution in [3.63, 3.8) is 0 Å². The second-order valence-electron chi connectivity index (χ2n) is 18.2. The number of carbonyl (C=O) groups excluding carboxylic acids is 3. The van der Waals surface area contributed by atoms with Crippen molar-refractivity contribution in [3.8, 4) is 0 Å². The molecule has 4 fully saturated rings. The minimum atomic E-state index is -0.633. The molecule has 0 bridgehead atoms. The number of benzene rings is 3. The van der Waals surface area contributed by atoms with Crippen LogP contribution in [-0.4, -0.2) is 46.2 Å². The molecule has 3 aromatic carbocycles. The van der Waals surface area contributed by atoms with E-state index < -0.39 is 30.3 Å². The summed E-state index contributed by atoms with van der Waals surface area (Å²) in [7, 11) is 0. The van der Waals surface area contributed by atoms with Crippen LogP contribution in [0.2, 0.25) is 0 Å². The SMILES string of the molecule is C=C1C(=CC=C2CCC[C@]3(C)[C@@H]([C@H](C)C=C[C@@H](OC(=O)c4ccccc4)C4(c5ncc(CCC)[nH]5)CC4)CC[C@@H]23)C[C@@H](OC(=O)c2ccccc2)C[C@@H]1OC(=O)c1ccccc1. The lowest BCUT2D eigenvalue weighted by atomic mass is 9.61. The van der Waals surface area contributed by atoms with E-state index in [1.807, 2.05) is 72.9 Å². The molecule has 1 N–H and O–H groups in total. The van der Waals surface area contributed by atoms with Crippen LogP contribution in [0.25, 0.3) is 0 Å². The summed E-state index contributed by atoms with van der Waals surface area (Å²) >= 11 is 0. The molecule has 4 saturated carbocycles. The van der Waals surface area contributed by atoms with Gasteiger partial charge in [-0.1, -0.05) is 112 Å². The van der Waals surface area contributed by atoms with Crippen LogP contribution in [0.3, 0.4) is 0 Å². The number of imidazole rings is 1. The maximum atomic E-state index is 13.5. The van der Waals surface area contributed by atoms with Crippen molar-refractivity contribution in [3.05, 3.63) is 173 Å². The number of rotatable bonds is 14. The van der Waals surface area contributed by atoms with Crippen LogP contribution in [0.4, 0.5) is 0 Å². The van der Waals surface area contributed by atoms with E-state index >= 15 is 0 Å². The summed E-state index contributed by atoms with van der Waals surface area (Å²) in [5.74, 6) is 0.914. The first-order valence-corrected chi connectivity index (χ1v) is 22.7. The van der Waals surface area contributed by atoms with Gasteiger partial charge in [-0.05, 0) is 128 Å². The van der Waals surface area contributed by atoms with Crippen LogP contribution in [0, 0.1) is 23.2 Å². The van der Waals surface area contributed by atoms with Crippen molar-refractivity contribution in [2.45, 2.75) is 115 Å². The quantitative estimate of drug-likeness (QED) is 0.0766. The molecule has 0 radical (unpaired) electrons. The average molecular weight is 833 g/mol. The smallest absolute Gasteiger partial charge is 0.338 e. The van der Waals surface area contributed by atoms with Crippen LogP contribution < -0.4 is 0 Å². The Hall–Kier alpha value is -5.76. The van der Waals surface area contributed by atoms with Gasteiger partial charge in [0.1, 0.15) is 24.1 Å². The molecule has 4 aromatic rings. The minimum Gasteiger partial charge on any atom is -0.458 e. The second kappa shape index (κ2) is 18.7. The van der Waals surface area contributed by atoms with Crippen molar-refractivity contribution in [2.24, 2.45) is 23.2 Å². The van der Waals surface area contributed by atoms with E-state index in [2.05, 4.69) is 56.6 Å². The molecule has 4 aliphatic carbocycles. The average Bonchev–Trinajstić information content (AvgIpc) is 3.82. The maximum Gasteiger partial charge on any atom is 0.338 e. The number of fused-ring (bicyclic) bond motifs is 1. The van der Waals surface area contributed by atoms with Crippen molar-refractivity contribution in [1.82, 2.24) is 9.97 Å². The molecule has 0 amide bonds. The molecule has 4 aliphatic rings. The number of allylic oxidation sites excluding steroid dienone is 4. The molecule has 0 unspecified atom stereocenters. The van der Waals surface area contributed by atoms with E-state index in [0.717, 1.165) is 80.5 Å². The largest absolute Gasteiger partial charge is 0.458 e. The van der Waals surface area contributed by atoms with E-state index in [0.29, 0.717) is 41.4 Å². The highest BCUT2D eigenvalue weighted by molar-refractivity contribution is 5.90. The van der Waals surface area contributed by atoms with Crippen molar-refractivity contribution < 1.29 is 28.6 Å². The highest BCUT2D eigenvalue weighted by atomic mass is 16.6. The van der Waals surface area contributed by atoms with Gasteiger partial charge in [0, 0.05) is 24.7 Å². The second-order valence-corrected chi connectivity index (χ2v) is 18.2. The van der Waals surface area contributed by atoms with E-state index in [-0.39, 0.29) is 22.7 Å². The standard InChI is InChI=1S/C54H60N2O6/c1-5-16-43-35-55-52(56-43)54(31-32-54)48(62-51(59)41-21-13-8-14-22-41)29-24-36(2)45-27-28-46-38(23-15-30-53(45,46)4)25-26-42-33-44(60-49(57)39-17-9-6-10-18-39)34-47(37(42)3)61-50(58)40-19-11-7-12-20-40/h6-14,17-22,24-26,29,35-36,44-48H,3,5,15-16,23,27-28,30-34H2,1-2,4H3,(H,55,56)/t36-,44-,45-,46+,47+,48-,53-/m1/s1. The van der Waals surface area contributed by atoms with E-state index in [9.17, 15) is 14.4 Å². The number of nitrogens with zero attached hydrogens (tertiary/aromatic N) is 1. The number of carbonyl (C=O) groups is 3. The Balaban J connectivity index is 1.01. The number of ether oxygens (including phenoxy) is 3. The van der Waals surface area contributed by atoms with Crippen LogP contribution in [0.1, 0.15) is 128 Å². The highest BCUT2D eigenvalue weighted by Crippen LogP contribution is 2.60. The zero-order valence-electron chi connectivity index (χ0n) is 36.4. The molecule has 8 nitrogen and oxygen atoms in total. The van der Waals surface area contributed by atoms with Crippen molar-refractivity contribution in [1.29, 1.82) is 0 Å². The van der Waals surface area contributed by atoms with E-state index in [4.69, 9.17) is 19.2 Å². The van der Waals surface area contributed by atoms with Gasteiger partial charge >= 0.3 is 17.9 Å². The molecule has 322 valence electrons. The highest BCUT2D eigenvalue weighted by Gasteiger charge is 2.55. The lowest BCUT2D eigenvalue weighted by Gasteiger charge is -2.44. The first-order chi connectivity index (χ1) is 30.1. The van der Waals surface area contributed by atoms with Crippen molar-refractivity contribution in [2.75, 3.05) is 0 Å². The number of hydrogen-bond donors (Lipinski definition) is 1. The molecule has 62 heavy (non-hydrogen) atoms. The molecule has 0 spiro atoms. The normalized spacial score (nSPS) is 26.5. The predicted molar refractivity (Wildman–Crippen MR) is 241 cm³/mol. The molecule has 1 aromatic heterocycles. The minimum absolute atomic E-state index is 0.0982. The zero-order valence-corrected chi connectivity index (χ0v) is 36.4. The van der Waals surface area contributed by atoms with Gasteiger partial charge in [0.25, 0.3) is 0 Å². The number of aryl methyl sites for hydroxylation is 1. The summed E-state index contributed by atoms with van der Waals surface area (Å²) in [5, 5.41) is 0. The lowest BCUT2D eigenvalue weighted by molar-refractivity contribution is 0.00212. The van der Waals surface area contributed by atoms with Gasteiger partial charge in [-0.15, -0.1) is 0 Å². The predicted octanol–water partition coefficient (Wildman–Crippen LogP) is 11.7. The fourth-order valence-corrected chi connectivity index (χ4v) is 10.7. The zero-order chi connectivity index (χ0) is 43.3. The Kier molecular flexibility index (Phi) is 12.9. The van der Waals surface area contributed by atoms with Crippen molar-refractivity contribution >= 4 is 17.9 Å². The number of aromatic amines is 1. The Labute approximate surface area is 366 Å². The van der Waals surface area contributed by atoms with Gasteiger partial charge in [0.2, 0.25) is 0 Å². The fraction of sp³-hybridized carbons (Fsp3) is 0.407. The molecule has 8 rings (SSSR count). The summed E-state index contributed by atoms with van der Waals surface area (Å²) in [6, 6.07) is 27.2. The molecular weight excluding hydrogens is 773 g/mol. The van der Waals surface area contributed by atoms with Crippen LogP contribution >= 0.6 is 0 Å². The third-order valence-corrected chi connectivity index (χ3v) is 14.2. The Morgan fingerprint density at radius 3 is 2.10 bits per heavy atom. The van der Waals surface area contributed by atoms with Gasteiger partial charge in [-0.25, -0.2) is 19.4 Å². The summed E-state index contributed by atoms with van der Waals surface area (Å²) in [5.41, 5.74) is 5.47. The molecule has 1 heterocycles. The number of aromatic nitrogens is 2. The first-order valence-electron chi connectivity index (χ1n) is 22.7. The van der Waals surface area contributed by atoms with Gasteiger partial charge < -0.3 is 19.2 Å². The summed E-state index contributed by atoms with van der Waals surface area (Å²) in [4.78, 5) is 48.4. The lowest BCUT2D eigenvalue weighted by Crippen LogP contribution is -2.36. The Bertz CT molecular complexity index is 2320. The molecular formula is C54H60N2O6. The third kappa shape index (κ3) is 9.20. The first kappa shape index (κ1) is 42.9. The Morgan fingerprint density at radius 1 is 0.839 bits per heavy atom. The number of esters is 3.